The third-order valence-corrected chi connectivity index (χ3v) is 10.7. The molecule has 0 aromatic rings. The van der Waals surface area contributed by atoms with Gasteiger partial charge >= 0.3 is 17.9 Å². The quantitative estimate of drug-likeness (QED) is 0.0263. The Hall–Kier alpha value is -3.15. The van der Waals surface area contributed by atoms with E-state index in [9.17, 15) is 14.4 Å². The van der Waals surface area contributed by atoms with E-state index in [1.165, 1.54) is 96.3 Å². The molecule has 350 valence electrons. The maximum atomic E-state index is 12.7. The lowest BCUT2D eigenvalue weighted by molar-refractivity contribution is -0.167. The number of allylic oxidation sites excluding steroid dienone is 12. The third-order valence-electron chi connectivity index (χ3n) is 10.7. The fourth-order valence-electron chi connectivity index (χ4n) is 6.92. The minimum absolute atomic E-state index is 0.0887. The Labute approximate surface area is 376 Å². The van der Waals surface area contributed by atoms with Gasteiger partial charge < -0.3 is 14.2 Å². The van der Waals surface area contributed by atoms with Gasteiger partial charge in [0.25, 0.3) is 0 Å². The van der Waals surface area contributed by atoms with Gasteiger partial charge in [-0.05, 0) is 70.6 Å². The summed E-state index contributed by atoms with van der Waals surface area (Å²) in [5, 5.41) is 0. The van der Waals surface area contributed by atoms with Gasteiger partial charge in [-0.25, -0.2) is 0 Å². The normalized spacial score (nSPS) is 12.6. The summed E-state index contributed by atoms with van der Waals surface area (Å²) in [6, 6.07) is 0. The van der Waals surface area contributed by atoms with Crippen LogP contribution in [0.25, 0.3) is 0 Å². The first-order valence-corrected chi connectivity index (χ1v) is 25.4. The van der Waals surface area contributed by atoms with Crippen LogP contribution in [0.4, 0.5) is 0 Å². The van der Waals surface area contributed by atoms with Gasteiger partial charge in [0.05, 0.1) is 0 Å². The van der Waals surface area contributed by atoms with Crippen LogP contribution in [0.3, 0.4) is 0 Å². The van der Waals surface area contributed by atoms with Gasteiger partial charge in [0.15, 0.2) is 6.10 Å². The molecule has 6 nitrogen and oxygen atoms in total. The second-order valence-electron chi connectivity index (χ2n) is 16.7. The zero-order chi connectivity index (χ0) is 44.4. The molecule has 0 aliphatic carbocycles. The van der Waals surface area contributed by atoms with Crippen LogP contribution in [0.5, 0.6) is 0 Å². The predicted molar refractivity (Wildman–Crippen MR) is 261 cm³/mol. The average Bonchev–Trinajstić information content (AvgIpc) is 3.26. The molecule has 1 unspecified atom stereocenters. The molecule has 0 heterocycles. The van der Waals surface area contributed by atoms with Gasteiger partial charge in [-0.3, -0.25) is 14.4 Å². The Bertz CT molecular complexity index is 1160. The molecule has 0 spiro atoms. The van der Waals surface area contributed by atoms with Crippen LogP contribution in [0, 0.1) is 0 Å². The summed E-state index contributed by atoms with van der Waals surface area (Å²) in [7, 11) is 0. The highest BCUT2D eigenvalue weighted by molar-refractivity contribution is 5.71. The van der Waals surface area contributed by atoms with Gasteiger partial charge in [-0.2, -0.15) is 0 Å². The van der Waals surface area contributed by atoms with E-state index in [2.05, 4.69) is 93.7 Å². The van der Waals surface area contributed by atoms with Gasteiger partial charge in [0.1, 0.15) is 13.2 Å². The number of hydrogen-bond donors (Lipinski definition) is 0. The molecular formula is C55H94O6. The minimum Gasteiger partial charge on any atom is -0.462 e. The predicted octanol–water partition coefficient (Wildman–Crippen LogP) is 16.6. The van der Waals surface area contributed by atoms with E-state index in [4.69, 9.17) is 14.2 Å². The summed E-state index contributed by atoms with van der Waals surface area (Å²) in [5.41, 5.74) is 0. The molecule has 0 aromatic carbocycles. The summed E-state index contributed by atoms with van der Waals surface area (Å²) in [5.74, 6) is -0.945. The highest BCUT2D eigenvalue weighted by Crippen LogP contribution is 2.15. The van der Waals surface area contributed by atoms with E-state index in [0.717, 1.165) is 103 Å². The standard InChI is InChI=1S/C55H94O6/c1-4-7-10-13-15-17-19-21-23-25-26-27-28-30-31-33-35-37-39-42-45-48-54(57)60-51-52(50-59-53(56)47-44-41-12-9-6-3)61-55(58)49-46-43-40-38-36-34-32-29-24-22-20-18-16-14-11-8-5-2/h7,10,15,17,21,23,26-27,30-31,35,37,52H,4-6,8-9,11-14,16,18-20,22,24-25,28-29,32-34,36,38-51H2,1-3H3/b10-7-,17-15-,23-21-,27-26-,31-30-,37-35-. The SMILES string of the molecule is CC/C=C\C/C=C\C/C=C\C/C=C\C/C=C\C/C=C\CCCCC(=O)OCC(COC(=O)CCCCCCC)OC(=O)CCCCCCCCCCCCCCCCCCC. The Morgan fingerprint density at radius 1 is 0.344 bits per heavy atom. The lowest BCUT2D eigenvalue weighted by Gasteiger charge is -2.18. The molecule has 0 aliphatic rings. The van der Waals surface area contributed by atoms with Gasteiger partial charge in [0, 0.05) is 19.3 Å². The molecule has 0 saturated carbocycles. The van der Waals surface area contributed by atoms with Crippen LogP contribution >= 0.6 is 0 Å². The lowest BCUT2D eigenvalue weighted by Crippen LogP contribution is -2.30. The largest absolute Gasteiger partial charge is 0.462 e. The zero-order valence-corrected chi connectivity index (χ0v) is 39.9. The Balaban J connectivity index is 4.25. The van der Waals surface area contributed by atoms with Crippen molar-refractivity contribution in [2.45, 2.75) is 245 Å². The van der Waals surface area contributed by atoms with Gasteiger partial charge in [-0.15, -0.1) is 0 Å². The number of esters is 3. The van der Waals surface area contributed by atoms with E-state index in [-0.39, 0.29) is 31.1 Å². The van der Waals surface area contributed by atoms with E-state index in [0.29, 0.717) is 19.3 Å². The highest BCUT2D eigenvalue weighted by atomic mass is 16.6. The molecule has 0 radical (unpaired) electrons. The molecule has 0 aliphatic heterocycles. The van der Waals surface area contributed by atoms with Crippen LogP contribution in [0.2, 0.25) is 0 Å². The summed E-state index contributed by atoms with van der Waals surface area (Å²) in [4.78, 5) is 37.6. The number of carbonyl (C=O) groups is 3. The molecular weight excluding hydrogens is 757 g/mol. The molecule has 6 heteroatoms. The Morgan fingerprint density at radius 3 is 1.00 bits per heavy atom. The van der Waals surface area contributed by atoms with Crippen molar-refractivity contribution >= 4 is 17.9 Å². The minimum atomic E-state index is -0.787. The van der Waals surface area contributed by atoms with Crippen LogP contribution < -0.4 is 0 Å². The van der Waals surface area contributed by atoms with Crippen LogP contribution in [0.15, 0.2) is 72.9 Å². The number of hydrogen-bond acceptors (Lipinski definition) is 6. The smallest absolute Gasteiger partial charge is 0.306 e. The number of unbranched alkanes of at least 4 members (excludes halogenated alkanes) is 22. The fraction of sp³-hybridized carbons (Fsp3) is 0.727. The summed E-state index contributed by atoms with van der Waals surface area (Å²) >= 11 is 0. The summed E-state index contributed by atoms with van der Waals surface area (Å²) in [6.07, 6.45) is 62.1. The van der Waals surface area contributed by atoms with E-state index in [1.54, 1.807) is 0 Å². The maximum Gasteiger partial charge on any atom is 0.306 e. The Kier molecular flexibility index (Phi) is 46.9. The topological polar surface area (TPSA) is 78.9 Å². The van der Waals surface area contributed by atoms with Gasteiger partial charge in [0.2, 0.25) is 0 Å². The number of ether oxygens (including phenoxy) is 3. The van der Waals surface area contributed by atoms with E-state index < -0.39 is 6.10 Å². The monoisotopic (exact) mass is 851 g/mol. The van der Waals surface area contributed by atoms with Crippen molar-refractivity contribution in [3.63, 3.8) is 0 Å². The summed E-state index contributed by atoms with van der Waals surface area (Å²) < 4.78 is 16.6. The van der Waals surface area contributed by atoms with Crippen molar-refractivity contribution in [2.75, 3.05) is 13.2 Å². The first-order chi connectivity index (χ1) is 30.0. The van der Waals surface area contributed by atoms with Crippen molar-refractivity contribution in [1.82, 2.24) is 0 Å². The van der Waals surface area contributed by atoms with Crippen molar-refractivity contribution < 1.29 is 28.6 Å². The van der Waals surface area contributed by atoms with Crippen molar-refractivity contribution in [2.24, 2.45) is 0 Å². The maximum absolute atomic E-state index is 12.7. The number of rotatable bonds is 45. The first-order valence-electron chi connectivity index (χ1n) is 25.4. The van der Waals surface area contributed by atoms with Crippen molar-refractivity contribution in [3.05, 3.63) is 72.9 Å². The summed E-state index contributed by atoms with van der Waals surface area (Å²) in [6.45, 7) is 6.41. The highest BCUT2D eigenvalue weighted by Gasteiger charge is 2.19. The molecule has 0 amide bonds. The molecule has 0 N–H and O–H groups in total. The average molecular weight is 851 g/mol. The second kappa shape index (κ2) is 49.5. The first kappa shape index (κ1) is 57.9. The second-order valence-corrected chi connectivity index (χ2v) is 16.7. The van der Waals surface area contributed by atoms with Crippen LogP contribution in [-0.2, 0) is 28.6 Å². The molecule has 0 rings (SSSR count). The van der Waals surface area contributed by atoms with Crippen LogP contribution in [-0.4, -0.2) is 37.2 Å². The number of carbonyl (C=O) groups excluding carboxylic acids is 3. The molecule has 0 bridgehead atoms. The molecule has 0 fully saturated rings. The molecule has 0 aromatic heterocycles. The van der Waals surface area contributed by atoms with Crippen molar-refractivity contribution in [3.8, 4) is 0 Å². The lowest BCUT2D eigenvalue weighted by atomic mass is 10.0. The molecule has 0 saturated heterocycles. The van der Waals surface area contributed by atoms with E-state index >= 15 is 0 Å². The zero-order valence-electron chi connectivity index (χ0n) is 39.9. The van der Waals surface area contributed by atoms with E-state index in [1.807, 2.05) is 0 Å². The van der Waals surface area contributed by atoms with Crippen molar-refractivity contribution in [1.29, 1.82) is 0 Å². The molecule has 1 atom stereocenters. The fourth-order valence-corrected chi connectivity index (χ4v) is 6.92. The molecule has 61 heavy (non-hydrogen) atoms. The third kappa shape index (κ3) is 47.7. The Morgan fingerprint density at radius 2 is 0.639 bits per heavy atom. The van der Waals surface area contributed by atoms with Gasteiger partial charge in [-0.1, -0.05) is 222 Å². The van der Waals surface area contributed by atoms with Crippen LogP contribution in [0.1, 0.15) is 239 Å².